The minimum absolute atomic E-state index is 1.17. The summed E-state index contributed by atoms with van der Waals surface area (Å²) >= 11 is 0. The first-order valence-corrected chi connectivity index (χ1v) is 5.32. The Hall–Kier alpha value is -0.300. The molecule has 0 heterocycles. The third kappa shape index (κ3) is 3.91. The third-order valence-corrected chi connectivity index (χ3v) is 2.43. The summed E-state index contributed by atoms with van der Waals surface area (Å²) in [4.78, 5) is 0. The summed E-state index contributed by atoms with van der Waals surface area (Å²) in [6.45, 7) is 4.57. The van der Waals surface area contributed by atoms with Crippen LogP contribution in [0.2, 0.25) is 0 Å². The zero-order chi connectivity index (χ0) is 8.65. The van der Waals surface area contributed by atoms with Crippen molar-refractivity contribution in [2.45, 2.75) is 45.4 Å². The Morgan fingerprint density at radius 1 is 1.33 bits per heavy atom. The molecule has 0 bridgehead atoms. The van der Waals surface area contributed by atoms with Gasteiger partial charge in [-0.2, -0.15) is 0 Å². The monoisotopic (exact) mass is 167 g/mol. The van der Waals surface area contributed by atoms with Crippen molar-refractivity contribution in [2.75, 3.05) is 13.1 Å². The molecule has 0 aliphatic heterocycles. The highest BCUT2D eigenvalue weighted by Gasteiger charge is 2.01. The van der Waals surface area contributed by atoms with Gasteiger partial charge in [0.15, 0.2) is 0 Å². The molecule has 0 fully saturated rings. The van der Waals surface area contributed by atoms with Crippen LogP contribution in [-0.4, -0.2) is 13.1 Å². The highest BCUT2D eigenvalue weighted by molar-refractivity contribution is 5.04. The Labute approximate surface area is 76.2 Å². The van der Waals surface area contributed by atoms with Crippen LogP contribution in [0.1, 0.15) is 45.4 Å². The number of hydrogen-bond acceptors (Lipinski definition) is 1. The smallest absolute Gasteiger partial charge is 0.00116 e. The first-order valence-electron chi connectivity index (χ1n) is 5.32. The van der Waals surface area contributed by atoms with Gasteiger partial charge < -0.3 is 5.32 Å². The maximum atomic E-state index is 3.44. The van der Waals surface area contributed by atoms with E-state index in [0.717, 1.165) is 0 Å². The molecule has 1 aliphatic carbocycles. The zero-order valence-electron chi connectivity index (χ0n) is 8.23. The van der Waals surface area contributed by atoms with E-state index in [1.54, 1.807) is 5.57 Å². The number of rotatable bonds is 5. The van der Waals surface area contributed by atoms with Crippen LogP contribution >= 0.6 is 0 Å². The van der Waals surface area contributed by atoms with Gasteiger partial charge in [-0.1, -0.05) is 18.6 Å². The lowest BCUT2D eigenvalue weighted by atomic mass is 9.97. The van der Waals surface area contributed by atoms with Gasteiger partial charge in [0.2, 0.25) is 0 Å². The average Bonchev–Trinajstić information content (AvgIpc) is 2.14. The predicted molar refractivity (Wildman–Crippen MR) is 54.3 cm³/mol. The topological polar surface area (TPSA) is 12.0 Å². The molecule has 0 aromatic rings. The summed E-state index contributed by atoms with van der Waals surface area (Å²) in [6.07, 6.45) is 10.5. The molecular formula is C11H21N. The van der Waals surface area contributed by atoms with Crippen LogP contribution < -0.4 is 5.32 Å². The van der Waals surface area contributed by atoms with Gasteiger partial charge in [0.1, 0.15) is 0 Å². The maximum Gasteiger partial charge on any atom is -0.00116 e. The molecule has 12 heavy (non-hydrogen) atoms. The fourth-order valence-electron chi connectivity index (χ4n) is 1.68. The Morgan fingerprint density at radius 3 is 2.92 bits per heavy atom. The van der Waals surface area contributed by atoms with E-state index in [0.29, 0.717) is 0 Å². The van der Waals surface area contributed by atoms with Crippen LogP contribution in [0.5, 0.6) is 0 Å². The van der Waals surface area contributed by atoms with Crippen LogP contribution in [0.15, 0.2) is 11.6 Å². The second kappa shape index (κ2) is 6.24. The molecule has 0 saturated heterocycles. The molecule has 1 nitrogen and oxygen atoms in total. The van der Waals surface area contributed by atoms with E-state index in [1.807, 2.05) is 0 Å². The second-order valence-corrected chi connectivity index (χ2v) is 3.61. The van der Waals surface area contributed by atoms with Gasteiger partial charge in [-0.15, -0.1) is 0 Å². The van der Waals surface area contributed by atoms with E-state index in [9.17, 15) is 0 Å². The van der Waals surface area contributed by atoms with Gasteiger partial charge in [0.25, 0.3) is 0 Å². The van der Waals surface area contributed by atoms with E-state index < -0.39 is 0 Å². The maximum absolute atomic E-state index is 3.44. The zero-order valence-corrected chi connectivity index (χ0v) is 8.23. The molecule has 1 N–H and O–H groups in total. The summed E-state index contributed by atoms with van der Waals surface area (Å²) in [6, 6.07) is 0. The Kier molecular flexibility index (Phi) is 5.09. The quantitative estimate of drug-likeness (QED) is 0.490. The first kappa shape index (κ1) is 9.79. The van der Waals surface area contributed by atoms with Gasteiger partial charge in [0, 0.05) is 0 Å². The first-order chi connectivity index (χ1) is 5.93. The molecule has 0 amide bonds. The van der Waals surface area contributed by atoms with Crippen molar-refractivity contribution in [3.05, 3.63) is 11.6 Å². The molecule has 0 radical (unpaired) electrons. The summed E-state index contributed by atoms with van der Waals surface area (Å²) in [5.41, 5.74) is 1.69. The van der Waals surface area contributed by atoms with Gasteiger partial charge in [-0.25, -0.2) is 0 Å². The van der Waals surface area contributed by atoms with Crippen molar-refractivity contribution in [3.63, 3.8) is 0 Å². The minimum atomic E-state index is 1.17. The summed E-state index contributed by atoms with van der Waals surface area (Å²) in [7, 11) is 0. The summed E-state index contributed by atoms with van der Waals surface area (Å²) in [5, 5.41) is 3.44. The fraction of sp³-hybridized carbons (Fsp3) is 0.818. The van der Waals surface area contributed by atoms with Crippen molar-refractivity contribution < 1.29 is 0 Å². The standard InChI is InChI=1S/C11H21N/c1-2-9-12-10-8-11-6-4-3-5-7-11/h6,12H,2-5,7-10H2,1H3. The summed E-state index contributed by atoms with van der Waals surface area (Å²) < 4.78 is 0. The normalized spacial score (nSPS) is 17.6. The minimum Gasteiger partial charge on any atom is -0.316 e. The van der Waals surface area contributed by atoms with Crippen LogP contribution in [-0.2, 0) is 0 Å². The van der Waals surface area contributed by atoms with Gasteiger partial charge in [-0.05, 0) is 51.6 Å². The molecule has 1 aliphatic rings. The molecule has 0 unspecified atom stereocenters. The average molecular weight is 167 g/mol. The molecule has 1 heteroatoms. The van der Waals surface area contributed by atoms with Crippen molar-refractivity contribution in [2.24, 2.45) is 0 Å². The highest BCUT2D eigenvalue weighted by atomic mass is 14.8. The lowest BCUT2D eigenvalue weighted by Gasteiger charge is -2.12. The number of nitrogens with one attached hydrogen (secondary N) is 1. The predicted octanol–water partition coefficient (Wildman–Crippen LogP) is 2.88. The second-order valence-electron chi connectivity index (χ2n) is 3.61. The van der Waals surface area contributed by atoms with E-state index in [1.165, 1.54) is 51.6 Å². The molecule has 0 aromatic carbocycles. The van der Waals surface area contributed by atoms with E-state index in [2.05, 4.69) is 18.3 Å². The number of allylic oxidation sites excluding steroid dienone is 1. The van der Waals surface area contributed by atoms with E-state index in [4.69, 9.17) is 0 Å². The van der Waals surface area contributed by atoms with Crippen LogP contribution in [0, 0.1) is 0 Å². The van der Waals surface area contributed by atoms with Crippen molar-refractivity contribution in [3.8, 4) is 0 Å². The van der Waals surface area contributed by atoms with E-state index >= 15 is 0 Å². The van der Waals surface area contributed by atoms with Crippen molar-refractivity contribution >= 4 is 0 Å². The molecule has 0 spiro atoms. The molecule has 70 valence electrons. The summed E-state index contributed by atoms with van der Waals surface area (Å²) in [5.74, 6) is 0. The molecule has 0 aromatic heterocycles. The Bertz CT molecular complexity index is 138. The largest absolute Gasteiger partial charge is 0.316 e. The molecule has 1 rings (SSSR count). The van der Waals surface area contributed by atoms with Crippen LogP contribution in [0.4, 0.5) is 0 Å². The highest BCUT2D eigenvalue weighted by Crippen LogP contribution is 2.19. The van der Waals surface area contributed by atoms with Gasteiger partial charge >= 0.3 is 0 Å². The molecule has 0 saturated carbocycles. The van der Waals surface area contributed by atoms with E-state index in [-0.39, 0.29) is 0 Å². The Balaban J connectivity index is 2.01. The van der Waals surface area contributed by atoms with Crippen LogP contribution in [0.25, 0.3) is 0 Å². The molecule has 0 atom stereocenters. The van der Waals surface area contributed by atoms with Crippen molar-refractivity contribution in [1.29, 1.82) is 0 Å². The molecular weight excluding hydrogens is 146 g/mol. The fourth-order valence-corrected chi connectivity index (χ4v) is 1.68. The third-order valence-electron chi connectivity index (χ3n) is 2.43. The number of hydrogen-bond donors (Lipinski definition) is 1. The SMILES string of the molecule is CCCNCCC1=CCCCC1. The Morgan fingerprint density at radius 2 is 2.25 bits per heavy atom. The van der Waals surface area contributed by atoms with Crippen LogP contribution in [0.3, 0.4) is 0 Å². The lowest BCUT2D eigenvalue weighted by Crippen LogP contribution is -2.16. The van der Waals surface area contributed by atoms with Gasteiger partial charge in [0.05, 0.1) is 0 Å². The van der Waals surface area contributed by atoms with Gasteiger partial charge in [-0.3, -0.25) is 0 Å². The lowest BCUT2D eigenvalue weighted by molar-refractivity contribution is 0.627. The van der Waals surface area contributed by atoms with Crippen molar-refractivity contribution in [1.82, 2.24) is 5.32 Å².